The van der Waals surface area contributed by atoms with E-state index in [-0.39, 0.29) is 5.54 Å². The van der Waals surface area contributed by atoms with Crippen LogP contribution < -0.4 is 10.5 Å². The lowest BCUT2D eigenvalue weighted by atomic mass is 9.86. The molecule has 0 aliphatic heterocycles. The van der Waals surface area contributed by atoms with Gasteiger partial charge in [-0.2, -0.15) is 0 Å². The third-order valence-corrected chi connectivity index (χ3v) is 4.63. The summed E-state index contributed by atoms with van der Waals surface area (Å²) < 4.78 is 5.50. The Hall–Kier alpha value is -1.87. The van der Waals surface area contributed by atoms with Crippen LogP contribution in [0.2, 0.25) is 0 Å². The second-order valence-corrected chi connectivity index (χ2v) is 6.04. The minimum absolute atomic E-state index is 0.311. The average Bonchev–Trinajstić information content (AvgIpc) is 2.81. The first-order valence-corrected chi connectivity index (χ1v) is 7.41. The van der Waals surface area contributed by atoms with E-state index < -0.39 is 0 Å². The zero-order chi connectivity index (χ0) is 15.0. The Bertz CT molecular complexity index is 681. The van der Waals surface area contributed by atoms with Crippen LogP contribution in [0.15, 0.2) is 30.5 Å². The largest absolute Gasteiger partial charge is 0.496 e. The first kappa shape index (κ1) is 14.1. The monoisotopic (exact) mass is 282 g/mol. The van der Waals surface area contributed by atoms with Crippen molar-refractivity contribution in [2.24, 2.45) is 5.73 Å². The molecule has 0 amide bonds. The Morgan fingerprint density at radius 3 is 2.81 bits per heavy atom. The molecule has 1 aliphatic carbocycles. The molecule has 1 unspecified atom stereocenters. The van der Waals surface area contributed by atoms with Crippen LogP contribution in [0.25, 0.3) is 0 Å². The molecule has 0 radical (unpaired) electrons. The van der Waals surface area contributed by atoms with Gasteiger partial charge in [-0.25, -0.2) is 0 Å². The number of hydrogen-bond acceptors (Lipinski definition) is 3. The van der Waals surface area contributed by atoms with Gasteiger partial charge in [-0.3, -0.25) is 4.98 Å². The van der Waals surface area contributed by atoms with Crippen molar-refractivity contribution in [3.05, 3.63) is 58.4 Å². The number of fused-ring (bicyclic) bond motifs is 1. The van der Waals surface area contributed by atoms with Gasteiger partial charge in [0.15, 0.2) is 0 Å². The number of aryl methyl sites for hydroxylation is 2. The van der Waals surface area contributed by atoms with Gasteiger partial charge in [0.25, 0.3) is 0 Å². The molecule has 1 aliphatic rings. The Morgan fingerprint density at radius 1 is 1.29 bits per heavy atom. The summed E-state index contributed by atoms with van der Waals surface area (Å²) in [6.45, 7) is 4.09. The molecule has 0 fully saturated rings. The molecule has 3 heteroatoms. The van der Waals surface area contributed by atoms with E-state index in [4.69, 9.17) is 10.5 Å². The van der Waals surface area contributed by atoms with E-state index in [9.17, 15) is 0 Å². The predicted molar refractivity (Wildman–Crippen MR) is 84.6 cm³/mol. The van der Waals surface area contributed by atoms with Gasteiger partial charge in [-0.1, -0.05) is 24.3 Å². The fourth-order valence-corrected chi connectivity index (χ4v) is 3.45. The van der Waals surface area contributed by atoms with Gasteiger partial charge in [0.05, 0.1) is 7.11 Å². The van der Waals surface area contributed by atoms with Gasteiger partial charge >= 0.3 is 0 Å². The minimum Gasteiger partial charge on any atom is -0.496 e. The number of ether oxygens (including phenoxy) is 1. The van der Waals surface area contributed by atoms with Gasteiger partial charge in [0.1, 0.15) is 5.75 Å². The molecule has 1 aromatic carbocycles. The summed E-state index contributed by atoms with van der Waals surface area (Å²) in [4.78, 5) is 4.61. The molecule has 3 nitrogen and oxygen atoms in total. The summed E-state index contributed by atoms with van der Waals surface area (Å²) in [5.74, 6) is 0.926. The van der Waals surface area contributed by atoms with E-state index in [1.54, 1.807) is 7.11 Å². The normalized spacial score (nSPS) is 20.4. The SMILES string of the molecule is COc1c(C)cnc(CC2(N)CCc3ccccc32)c1C. The van der Waals surface area contributed by atoms with Crippen molar-refractivity contribution in [2.75, 3.05) is 7.11 Å². The summed E-state index contributed by atoms with van der Waals surface area (Å²) in [5, 5.41) is 0. The fraction of sp³-hybridized carbons (Fsp3) is 0.389. The second-order valence-electron chi connectivity index (χ2n) is 6.04. The van der Waals surface area contributed by atoms with Gasteiger partial charge in [-0.15, -0.1) is 0 Å². The zero-order valence-corrected chi connectivity index (χ0v) is 12.9. The minimum atomic E-state index is -0.311. The van der Waals surface area contributed by atoms with Crippen molar-refractivity contribution in [3.63, 3.8) is 0 Å². The van der Waals surface area contributed by atoms with Crippen molar-refractivity contribution < 1.29 is 4.74 Å². The Kier molecular flexibility index (Phi) is 3.46. The first-order chi connectivity index (χ1) is 10.0. The molecule has 0 bridgehead atoms. The van der Waals surface area contributed by atoms with Crippen LogP contribution in [0, 0.1) is 13.8 Å². The lowest BCUT2D eigenvalue weighted by Gasteiger charge is -2.26. The van der Waals surface area contributed by atoms with E-state index in [1.807, 2.05) is 13.1 Å². The van der Waals surface area contributed by atoms with Gasteiger partial charge in [-0.05, 0) is 37.8 Å². The van der Waals surface area contributed by atoms with Crippen molar-refractivity contribution in [2.45, 2.75) is 38.6 Å². The number of rotatable bonds is 3. The number of nitrogens with two attached hydrogens (primary N) is 1. The van der Waals surface area contributed by atoms with Gasteiger partial charge in [0.2, 0.25) is 0 Å². The smallest absolute Gasteiger partial charge is 0.128 e. The Morgan fingerprint density at radius 2 is 2.05 bits per heavy atom. The topological polar surface area (TPSA) is 48.1 Å². The second kappa shape index (κ2) is 5.15. The summed E-state index contributed by atoms with van der Waals surface area (Å²) in [5.41, 5.74) is 12.3. The summed E-state index contributed by atoms with van der Waals surface area (Å²) in [7, 11) is 1.71. The van der Waals surface area contributed by atoms with E-state index in [1.165, 1.54) is 11.1 Å². The molecule has 21 heavy (non-hydrogen) atoms. The molecule has 2 N–H and O–H groups in total. The van der Waals surface area contributed by atoms with Crippen LogP contribution >= 0.6 is 0 Å². The van der Waals surface area contributed by atoms with Crippen molar-refractivity contribution in [1.82, 2.24) is 4.98 Å². The molecule has 3 rings (SSSR count). The maximum absolute atomic E-state index is 6.72. The van der Waals surface area contributed by atoms with Gasteiger partial charge in [0, 0.05) is 35.0 Å². The summed E-state index contributed by atoms with van der Waals surface area (Å²) in [6.07, 6.45) is 4.66. The van der Waals surface area contributed by atoms with Crippen molar-refractivity contribution in [3.8, 4) is 5.75 Å². The highest BCUT2D eigenvalue weighted by Crippen LogP contribution is 2.38. The number of pyridine rings is 1. The maximum atomic E-state index is 6.72. The number of benzene rings is 1. The van der Waals surface area contributed by atoms with Crippen LogP contribution in [-0.4, -0.2) is 12.1 Å². The highest BCUT2D eigenvalue weighted by Gasteiger charge is 2.35. The molecule has 0 spiro atoms. The lowest BCUT2D eigenvalue weighted by molar-refractivity contribution is 0.401. The molecular formula is C18H22N2O. The number of nitrogens with zero attached hydrogens (tertiary/aromatic N) is 1. The molecule has 1 atom stereocenters. The molecular weight excluding hydrogens is 260 g/mol. The number of methoxy groups -OCH3 is 1. The van der Waals surface area contributed by atoms with Crippen LogP contribution in [0.4, 0.5) is 0 Å². The summed E-state index contributed by atoms with van der Waals surface area (Å²) >= 11 is 0. The Labute approximate surface area is 126 Å². The van der Waals surface area contributed by atoms with Crippen molar-refractivity contribution in [1.29, 1.82) is 0 Å². The molecule has 110 valence electrons. The van der Waals surface area contributed by atoms with Crippen LogP contribution in [-0.2, 0) is 18.4 Å². The lowest BCUT2D eigenvalue weighted by Crippen LogP contribution is -2.37. The van der Waals surface area contributed by atoms with Crippen molar-refractivity contribution >= 4 is 0 Å². The van der Waals surface area contributed by atoms with E-state index in [2.05, 4.69) is 36.2 Å². The molecule has 0 saturated heterocycles. The standard InChI is InChI=1S/C18H22N2O/c1-12-11-20-16(13(2)17(12)21-3)10-18(19)9-8-14-6-4-5-7-15(14)18/h4-7,11H,8-10,19H2,1-3H3. The third-order valence-electron chi connectivity index (χ3n) is 4.63. The van der Waals surface area contributed by atoms with Gasteiger partial charge < -0.3 is 10.5 Å². The number of hydrogen-bond donors (Lipinski definition) is 1. The average molecular weight is 282 g/mol. The molecule has 1 aromatic heterocycles. The van der Waals surface area contributed by atoms with E-state index in [0.29, 0.717) is 0 Å². The Balaban J connectivity index is 1.98. The third kappa shape index (κ3) is 2.32. The first-order valence-electron chi connectivity index (χ1n) is 7.41. The maximum Gasteiger partial charge on any atom is 0.128 e. The fourth-order valence-electron chi connectivity index (χ4n) is 3.45. The predicted octanol–water partition coefficient (Wildman–Crippen LogP) is 3.05. The summed E-state index contributed by atoms with van der Waals surface area (Å²) in [6, 6.07) is 8.49. The molecule has 0 saturated carbocycles. The van der Waals surface area contributed by atoms with Crippen LogP contribution in [0.3, 0.4) is 0 Å². The highest BCUT2D eigenvalue weighted by atomic mass is 16.5. The zero-order valence-electron chi connectivity index (χ0n) is 12.9. The highest BCUT2D eigenvalue weighted by molar-refractivity contribution is 5.44. The molecule has 2 aromatic rings. The van der Waals surface area contributed by atoms with Crippen LogP contribution in [0.1, 0.15) is 34.4 Å². The van der Waals surface area contributed by atoms with E-state index in [0.717, 1.165) is 41.8 Å². The van der Waals surface area contributed by atoms with E-state index >= 15 is 0 Å². The molecule has 1 heterocycles. The number of aromatic nitrogens is 1. The van der Waals surface area contributed by atoms with Crippen LogP contribution in [0.5, 0.6) is 5.75 Å². The quantitative estimate of drug-likeness (QED) is 0.941.